The number of nitro benzene ring substituents is 1. The summed E-state index contributed by atoms with van der Waals surface area (Å²) in [6, 6.07) is 5.66. The van der Waals surface area contributed by atoms with E-state index in [1.807, 2.05) is 13.8 Å². The van der Waals surface area contributed by atoms with Gasteiger partial charge in [-0.15, -0.1) is 11.8 Å². The van der Waals surface area contributed by atoms with Crippen molar-refractivity contribution in [2.24, 2.45) is 0 Å². The van der Waals surface area contributed by atoms with Gasteiger partial charge in [-0.3, -0.25) is 24.6 Å². The van der Waals surface area contributed by atoms with Crippen LogP contribution in [0.15, 0.2) is 29.2 Å². The first kappa shape index (κ1) is 15.2. The number of nitrogens with zero attached hydrogens (tertiary/aromatic N) is 2. The highest BCUT2D eigenvalue weighted by molar-refractivity contribution is 8.04. The maximum Gasteiger partial charge on any atom is 0.269 e. The Bertz CT molecular complexity index is 649. The molecular formula is C14H14N2O4S. The number of likely N-dealkylation sites (N-methyl/N-ethyl adjacent to an activating group) is 1. The van der Waals surface area contributed by atoms with Crippen LogP contribution in [-0.2, 0) is 9.59 Å². The Kier molecular flexibility index (Phi) is 4.13. The summed E-state index contributed by atoms with van der Waals surface area (Å²) in [4.78, 5) is 36.0. The fourth-order valence-corrected chi connectivity index (χ4v) is 3.00. The third-order valence-electron chi connectivity index (χ3n) is 2.96. The average molecular weight is 306 g/mol. The molecule has 21 heavy (non-hydrogen) atoms. The van der Waals surface area contributed by atoms with Crippen LogP contribution in [0.25, 0.3) is 5.57 Å². The molecule has 0 aliphatic carbocycles. The number of amides is 2. The Balaban J connectivity index is 2.50. The van der Waals surface area contributed by atoms with Crippen LogP contribution in [0.4, 0.5) is 5.69 Å². The summed E-state index contributed by atoms with van der Waals surface area (Å²) >= 11 is 1.32. The number of carbonyl (C=O) groups is 2. The Labute approximate surface area is 126 Å². The summed E-state index contributed by atoms with van der Waals surface area (Å²) in [5.41, 5.74) is 0.782. The molecule has 0 N–H and O–H groups in total. The van der Waals surface area contributed by atoms with Crippen LogP contribution < -0.4 is 0 Å². The summed E-state index contributed by atoms with van der Waals surface area (Å²) in [7, 11) is 1.43. The van der Waals surface area contributed by atoms with Gasteiger partial charge in [0.15, 0.2) is 0 Å². The van der Waals surface area contributed by atoms with Crippen LogP contribution in [0.3, 0.4) is 0 Å². The molecule has 0 spiro atoms. The quantitative estimate of drug-likeness (QED) is 0.485. The minimum atomic E-state index is -0.504. The third kappa shape index (κ3) is 2.82. The predicted molar refractivity (Wildman–Crippen MR) is 80.5 cm³/mol. The smallest absolute Gasteiger partial charge is 0.269 e. The molecule has 0 bridgehead atoms. The molecule has 1 aromatic rings. The first-order chi connectivity index (χ1) is 9.82. The van der Waals surface area contributed by atoms with Crippen molar-refractivity contribution in [3.63, 3.8) is 0 Å². The third-order valence-corrected chi connectivity index (χ3v) is 4.05. The monoisotopic (exact) mass is 306 g/mol. The fourth-order valence-electron chi connectivity index (χ4n) is 1.97. The van der Waals surface area contributed by atoms with Gasteiger partial charge in [-0.1, -0.05) is 13.8 Å². The largest absolute Gasteiger partial charge is 0.277 e. The lowest BCUT2D eigenvalue weighted by Gasteiger charge is -2.07. The summed E-state index contributed by atoms with van der Waals surface area (Å²) in [6.45, 7) is 3.86. The lowest BCUT2D eigenvalue weighted by molar-refractivity contribution is -0.384. The van der Waals surface area contributed by atoms with E-state index in [0.29, 0.717) is 16.0 Å². The van der Waals surface area contributed by atoms with Crippen molar-refractivity contribution in [1.82, 2.24) is 4.90 Å². The van der Waals surface area contributed by atoms with Crippen LogP contribution >= 0.6 is 11.8 Å². The predicted octanol–water partition coefficient (Wildman–Crippen LogP) is 2.45. The maximum atomic E-state index is 12.2. The highest BCUT2D eigenvalue weighted by Crippen LogP contribution is 2.37. The summed E-state index contributed by atoms with van der Waals surface area (Å²) in [6.07, 6.45) is 0. The van der Waals surface area contributed by atoms with Crippen molar-refractivity contribution in [3.05, 3.63) is 44.8 Å². The number of nitro groups is 1. The molecule has 110 valence electrons. The topological polar surface area (TPSA) is 80.5 Å². The number of thioether (sulfide) groups is 1. The van der Waals surface area contributed by atoms with E-state index < -0.39 is 4.92 Å². The molecule has 2 amide bonds. The Morgan fingerprint density at radius 3 is 2.19 bits per heavy atom. The normalized spacial score (nSPS) is 15.3. The van der Waals surface area contributed by atoms with Gasteiger partial charge in [0.25, 0.3) is 17.5 Å². The molecule has 0 saturated heterocycles. The standard InChI is InChI=1S/C14H14N2O4S/c1-8(2)21-12-11(13(17)15(3)14(12)18)9-4-6-10(7-5-9)16(19)20/h4-8H,1-3H3. The second kappa shape index (κ2) is 5.69. The van der Waals surface area contributed by atoms with Gasteiger partial charge >= 0.3 is 0 Å². The van der Waals surface area contributed by atoms with Crippen LogP contribution in [0.1, 0.15) is 19.4 Å². The number of imide groups is 1. The lowest BCUT2D eigenvalue weighted by atomic mass is 10.1. The van der Waals surface area contributed by atoms with Crippen LogP contribution in [0, 0.1) is 10.1 Å². The van der Waals surface area contributed by atoms with Gasteiger partial charge in [-0.25, -0.2) is 0 Å². The second-order valence-corrected chi connectivity index (χ2v) is 6.43. The van der Waals surface area contributed by atoms with Crippen molar-refractivity contribution in [2.75, 3.05) is 7.05 Å². The molecule has 1 heterocycles. The van der Waals surface area contributed by atoms with Crippen LogP contribution in [-0.4, -0.2) is 33.9 Å². The zero-order valence-electron chi connectivity index (χ0n) is 11.8. The molecule has 7 heteroatoms. The maximum absolute atomic E-state index is 12.2. The molecule has 1 aliphatic rings. The molecule has 0 aromatic heterocycles. The molecule has 6 nitrogen and oxygen atoms in total. The van der Waals surface area contributed by atoms with Gasteiger partial charge in [0, 0.05) is 24.4 Å². The van der Waals surface area contributed by atoms with Gasteiger partial charge in [-0.2, -0.15) is 0 Å². The Morgan fingerprint density at radius 1 is 1.14 bits per heavy atom. The van der Waals surface area contributed by atoms with Crippen molar-refractivity contribution in [2.45, 2.75) is 19.1 Å². The lowest BCUT2D eigenvalue weighted by Crippen LogP contribution is -2.26. The van der Waals surface area contributed by atoms with E-state index in [1.165, 1.54) is 43.1 Å². The van der Waals surface area contributed by atoms with E-state index in [0.717, 1.165) is 4.90 Å². The van der Waals surface area contributed by atoms with Crippen molar-refractivity contribution in [1.29, 1.82) is 0 Å². The zero-order chi connectivity index (χ0) is 15.7. The molecule has 1 aromatic carbocycles. The Hall–Kier alpha value is -2.15. The first-order valence-electron chi connectivity index (χ1n) is 6.31. The molecular weight excluding hydrogens is 292 g/mol. The summed E-state index contributed by atoms with van der Waals surface area (Å²) < 4.78 is 0. The van der Waals surface area contributed by atoms with Crippen molar-refractivity contribution < 1.29 is 14.5 Å². The van der Waals surface area contributed by atoms with E-state index >= 15 is 0 Å². The molecule has 1 aliphatic heterocycles. The van der Waals surface area contributed by atoms with Gasteiger partial charge in [0.05, 0.1) is 15.4 Å². The molecule has 0 unspecified atom stereocenters. The van der Waals surface area contributed by atoms with Gasteiger partial charge in [0.2, 0.25) is 0 Å². The van der Waals surface area contributed by atoms with Crippen molar-refractivity contribution >= 4 is 34.8 Å². The second-order valence-electron chi connectivity index (χ2n) is 4.84. The SMILES string of the molecule is CC(C)SC1=C(c2ccc([N+](=O)[O-])cc2)C(=O)N(C)C1=O. The Morgan fingerprint density at radius 2 is 1.71 bits per heavy atom. The molecule has 0 saturated carbocycles. The highest BCUT2D eigenvalue weighted by atomic mass is 32.2. The number of non-ortho nitro benzene ring substituents is 1. The number of carbonyl (C=O) groups excluding carboxylic acids is 2. The van der Waals surface area contributed by atoms with Crippen molar-refractivity contribution in [3.8, 4) is 0 Å². The van der Waals surface area contributed by atoms with E-state index in [-0.39, 0.29) is 22.8 Å². The van der Waals surface area contributed by atoms with E-state index in [9.17, 15) is 19.7 Å². The van der Waals surface area contributed by atoms with Crippen LogP contribution in [0.2, 0.25) is 0 Å². The van der Waals surface area contributed by atoms with Gasteiger partial charge in [-0.05, 0) is 17.7 Å². The van der Waals surface area contributed by atoms with Crippen LogP contribution in [0.5, 0.6) is 0 Å². The number of hydrogen-bond acceptors (Lipinski definition) is 5. The van der Waals surface area contributed by atoms with E-state index in [1.54, 1.807) is 0 Å². The summed E-state index contributed by atoms with van der Waals surface area (Å²) in [5, 5.41) is 10.8. The average Bonchev–Trinajstić information content (AvgIpc) is 2.63. The molecule has 2 rings (SSSR count). The number of hydrogen-bond donors (Lipinski definition) is 0. The zero-order valence-corrected chi connectivity index (χ0v) is 12.6. The number of benzene rings is 1. The minimum absolute atomic E-state index is 0.0532. The molecule has 0 atom stereocenters. The summed E-state index contributed by atoms with van der Waals surface area (Å²) in [5.74, 6) is -0.705. The number of rotatable bonds is 4. The van der Waals surface area contributed by atoms with Gasteiger partial charge < -0.3 is 0 Å². The highest BCUT2D eigenvalue weighted by Gasteiger charge is 2.37. The first-order valence-corrected chi connectivity index (χ1v) is 7.19. The van der Waals surface area contributed by atoms with Gasteiger partial charge in [0.1, 0.15) is 0 Å². The molecule has 0 radical (unpaired) electrons. The van der Waals surface area contributed by atoms with E-state index in [2.05, 4.69) is 0 Å². The minimum Gasteiger partial charge on any atom is -0.277 e. The van der Waals surface area contributed by atoms with E-state index in [4.69, 9.17) is 0 Å². The fraction of sp³-hybridized carbons (Fsp3) is 0.286. The molecule has 0 fully saturated rings.